The number of fused-ring (bicyclic) bond motifs is 1. The van der Waals surface area contributed by atoms with Crippen LogP contribution in [-0.4, -0.2) is 31.4 Å². The Kier molecular flexibility index (Phi) is 4.52. The van der Waals surface area contributed by atoms with Crippen LogP contribution in [0.25, 0.3) is 0 Å². The van der Waals surface area contributed by atoms with Gasteiger partial charge in [0, 0.05) is 18.7 Å². The van der Waals surface area contributed by atoms with E-state index in [1.54, 1.807) is 4.90 Å². The minimum atomic E-state index is -0.119. The third-order valence-electron chi connectivity index (χ3n) is 3.23. The molecule has 0 bridgehead atoms. The van der Waals surface area contributed by atoms with Crippen LogP contribution in [-0.2, 0) is 16.0 Å². The van der Waals surface area contributed by atoms with E-state index >= 15 is 0 Å². The molecule has 1 aromatic rings. The van der Waals surface area contributed by atoms with Crippen LogP contribution < -0.4 is 16.0 Å². The second-order valence-electron chi connectivity index (χ2n) is 4.59. The first-order chi connectivity index (χ1) is 9.22. The maximum absolute atomic E-state index is 12.1. The highest BCUT2D eigenvalue weighted by molar-refractivity contribution is 5.98. The van der Waals surface area contributed by atoms with E-state index < -0.39 is 0 Å². The molecule has 0 fully saturated rings. The first kappa shape index (κ1) is 13.5. The second kappa shape index (κ2) is 6.33. The lowest BCUT2D eigenvalue weighted by Crippen LogP contribution is -2.39. The molecule has 1 aliphatic rings. The third-order valence-corrected chi connectivity index (χ3v) is 3.23. The van der Waals surface area contributed by atoms with Crippen molar-refractivity contribution in [1.82, 2.24) is 5.32 Å². The number of nitrogens with one attached hydrogen (secondary N) is 1. The zero-order valence-corrected chi connectivity index (χ0v) is 10.9. The Morgan fingerprint density at radius 1 is 1.32 bits per heavy atom. The van der Waals surface area contributed by atoms with Crippen molar-refractivity contribution < 1.29 is 9.59 Å². The highest BCUT2D eigenvalue weighted by atomic mass is 16.2. The molecule has 19 heavy (non-hydrogen) atoms. The molecule has 1 aliphatic heterocycles. The van der Waals surface area contributed by atoms with Gasteiger partial charge in [-0.15, -0.1) is 0 Å². The summed E-state index contributed by atoms with van der Waals surface area (Å²) in [5.74, 6) is -0.183. The van der Waals surface area contributed by atoms with Gasteiger partial charge in [-0.3, -0.25) is 9.59 Å². The minimum absolute atomic E-state index is 0.0533. The monoisotopic (exact) mass is 261 g/mol. The van der Waals surface area contributed by atoms with E-state index in [9.17, 15) is 9.59 Å². The number of hydrogen-bond acceptors (Lipinski definition) is 3. The zero-order chi connectivity index (χ0) is 13.7. The van der Waals surface area contributed by atoms with Crippen molar-refractivity contribution in [2.45, 2.75) is 19.3 Å². The smallest absolute Gasteiger partial charge is 0.246 e. The number of para-hydroxylation sites is 1. The van der Waals surface area contributed by atoms with Crippen LogP contribution in [0.5, 0.6) is 0 Å². The van der Waals surface area contributed by atoms with Gasteiger partial charge in [-0.05, 0) is 31.0 Å². The molecule has 0 unspecified atom stereocenters. The Balaban J connectivity index is 1.87. The van der Waals surface area contributed by atoms with E-state index in [4.69, 9.17) is 5.73 Å². The standard InChI is InChI=1S/C14H19N3O2/c15-8-3-6-13(18)16-10-14(19)17-9-7-11-4-1-2-5-12(11)17/h1-2,4-5H,3,6-10,15H2,(H,16,18). The minimum Gasteiger partial charge on any atom is -0.347 e. The fourth-order valence-electron chi connectivity index (χ4n) is 2.22. The van der Waals surface area contributed by atoms with Gasteiger partial charge >= 0.3 is 0 Å². The number of hydrogen-bond donors (Lipinski definition) is 2. The first-order valence-corrected chi connectivity index (χ1v) is 6.57. The topological polar surface area (TPSA) is 75.4 Å². The van der Waals surface area contributed by atoms with Crippen molar-refractivity contribution in [3.63, 3.8) is 0 Å². The number of rotatable bonds is 5. The molecule has 5 heteroatoms. The van der Waals surface area contributed by atoms with Gasteiger partial charge in [0.2, 0.25) is 11.8 Å². The molecule has 0 saturated carbocycles. The van der Waals surface area contributed by atoms with Crippen molar-refractivity contribution in [3.05, 3.63) is 29.8 Å². The van der Waals surface area contributed by atoms with E-state index in [1.807, 2.05) is 24.3 Å². The third kappa shape index (κ3) is 3.32. The lowest BCUT2D eigenvalue weighted by molar-refractivity contribution is -0.125. The second-order valence-corrected chi connectivity index (χ2v) is 4.59. The summed E-state index contributed by atoms with van der Waals surface area (Å²) >= 11 is 0. The number of benzene rings is 1. The molecular weight excluding hydrogens is 242 g/mol. The van der Waals surface area contributed by atoms with Gasteiger partial charge in [-0.1, -0.05) is 18.2 Å². The molecule has 2 amide bonds. The number of carbonyl (C=O) groups excluding carboxylic acids is 2. The molecule has 0 spiro atoms. The Morgan fingerprint density at radius 3 is 2.89 bits per heavy atom. The van der Waals surface area contributed by atoms with E-state index in [0.717, 1.165) is 12.1 Å². The summed E-state index contributed by atoms with van der Waals surface area (Å²) in [6.45, 7) is 1.23. The fourth-order valence-corrected chi connectivity index (χ4v) is 2.22. The fraction of sp³-hybridized carbons (Fsp3) is 0.429. The molecule has 3 N–H and O–H groups in total. The summed E-state index contributed by atoms with van der Waals surface area (Å²) < 4.78 is 0. The van der Waals surface area contributed by atoms with Gasteiger partial charge in [-0.2, -0.15) is 0 Å². The Labute approximate surface area is 112 Å². The number of carbonyl (C=O) groups is 2. The van der Waals surface area contributed by atoms with Crippen molar-refractivity contribution in [2.75, 3.05) is 24.5 Å². The number of nitrogens with two attached hydrogens (primary N) is 1. The highest BCUT2D eigenvalue weighted by Crippen LogP contribution is 2.27. The van der Waals surface area contributed by atoms with Crippen LogP contribution in [0.2, 0.25) is 0 Å². The van der Waals surface area contributed by atoms with Gasteiger partial charge in [0.25, 0.3) is 0 Å². The molecule has 5 nitrogen and oxygen atoms in total. The quantitative estimate of drug-likeness (QED) is 0.807. The van der Waals surface area contributed by atoms with Crippen LogP contribution in [0.4, 0.5) is 5.69 Å². The Morgan fingerprint density at radius 2 is 2.11 bits per heavy atom. The van der Waals surface area contributed by atoms with Crippen LogP contribution in [0.15, 0.2) is 24.3 Å². The van der Waals surface area contributed by atoms with Gasteiger partial charge < -0.3 is 16.0 Å². The number of anilines is 1. The molecule has 0 saturated heterocycles. The SMILES string of the molecule is NCCCC(=O)NCC(=O)N1CCc2ccccc21. The summed E-state index contributed by atoms with van der Waals surface area (Å²) in [7, 11) is 0. The summed E-state index contributed by atoms with van der Waals surface area (Å²) in [4.78, 5) is 25.2. The van der Waals surface area contributed by atoms with Gasteiger partial charge in [0.05, 0.1) is 6.54 Å². The van der Waals surface area contributed by atoms with Crippen LogP contribution in [0.1, 0.15) is 18.4 Å². The van der Waals surface area contributed by atoms with Gasteiger partial charge in [0.15, 0.2) is 0 Å². The molecule has 2 rings (SSSR count). The Hall–Kier alpha value is -1.88. The molecule has 0 radical (unpaired) electrons. The maximum Gasteiger partial charge on any atom is 0.246 e. The lowest BCUT2D eigenvalue weighted by atomic mass is 10.2. The predicted molar refractivity (Wildman–Crippen MR) is 73.8 cm³/mol. The normalized spacial score (nSPS) is 13.2. The van der Waals surface area contributed by atoms with Crippen molar-refractivity contribution in [2.24, 2.45) is 5.73 Å². The van der Waals surface area contributed by atoms with Crippen molar-refractivity contribution >= 4 is 17.5 Å². The zero-order valence-electron chi connectivity index (χ0n) is 10.9. The Bertz CT molecular complexity index is 474. The van der Waals surface area contributed by atoms with E-state index in [-0.39, 0.29) is 18.4 Å². The number of nitrogens with zero attached hydrogens (tertiary/aromatic N) is 1. The molecule has 1 aromatic carbocycles. The summed E-state index contributed by atoms with van der Waals surface area (Å²) in [5.41, 5.74) is 7.48. The van der Waals surface area contributed by atoms with Gasteiger partial charge in [0.1, 0.15) is 0 Å². The van der Waals surface area contributed by atoms with E-state index in [2.05, 4.69) is 5.32 Å². The van der Waals surface area contributed by atoms with Crippen molar-refractivity contribution in [3.8, 4) is 0 Å². The largest absolute Gasteiger partial charge is 0.347 e. The van der Waals surface area contributed by atoms with E-state index in [0.29, 0.717) is 25.9 Å². The molecule has 0 atom stereocenters. The van der Waals surface area contributed by atoms with Crippen LogP contribution >= 0.6 is 0 Å². The molecule has 1 heterocycles. The number of amides is 2. The predicted octanol–water partition coefficient (Wildman–Crippen LogP) is 0.431. The molecular formula is C14H19N3O2. The summed E-state index contributed by atoms with van der Waals surface area (Å²) in [5, 5.41) is 2.64. The average Bonchev–Trinajstić information content (AvgIpc) is 2.86. The first-order valence-electron chi connectivity index (χ1n) is 6.57. The van der Waals surface area contributed by atoms with Gasteiger partial charge in [-0.25, -0.2) is 0 Å². The molecule has 0 aromatic heterocycles. The maximum atomic E-state index is 12.1. The highest BCUT2D eigenvalue weighted by Gasteiger charge is 2.23. The molecule has 0 aliphatic carbocycles. The van der Waals surface area contributed by atoms with Crippen LogP contribution in [0, 0.1) is 0 Å². The van der Waals surface area contributed by atoms with E-state index in [1.165, 1.54) is 5.56 Å². The lowest BCUT2D eigenvalue weighted by Gasteiger charge is -2.17. The summed E-state index contributed by atoms with van der Waals surface area (Å²) in [6.07, 6.45) is 1.90. The molecule has 102 valence electrons. The average molecular weight is 261 g/mol. The van der Waals surface area contributed by atoms with Crippen LogP contribution in [0.3, 0.4) is 0 Å². The summed E-state index contributed by atoms with van der Waals surface area (Å²) in [6, 6.07) is 7.87. The van der Waals surface area contributed by atoms with Crippen molar-refractivity contribution in [1.29, 1.82) is 0 Å².